The number of carbonyl (C=O) groups excluding carboxylic acids is 2. The van der Waals surface area contributed by atoms with Gasteiger partial charge in [-0.3, -0.25) is 9.59 Å². The average molecular weight is 467 g/mol. The number of alkyl halides is 6. The lowest BCUT2D eigenvalue weighted by Crippen LogP contribution is -2.44. The summed E-state index contributed by atoms with van der Waals surface area (Å²) >= 11 is 0. The standard InChI is InChI=1S/C21H27F6N3O2/c1-19(2,28)12-18(32)30-7-5-13(6-8-30)3-4-17(31)29-16-10-14(20(22,23)24)9-15(11-16)21(25,26)27/h9-11,13H,3-8,12,28H2,1-2H3,(H,29,31). The van der Waals surface area contributed by atoms with Gasteiger partial charge in [0.05, 0.1) is 11.1 Å². The molecule has 1 heterocycles. The topological polar surface area (TPSA) is 75.4 Å². The number of carbonyl (C=O) groups is 2. The van der Waals surface area contributed by atoms with Gasteiger partial charge in [0, 0.05) is 37.2 Å². The van der Waals surface area contributed by atoms with Crippen molar-refractivity contribution in [1.29, 1.82) is 0 Å². The Kier molecular flexibility index (Phi) is 7.85. The van der Waals surface area contributed by atoms with Gasteiger partial charge in [0.1, 0.15) is 0 Å². The zero-order valence-corrected chi connectivity index (χ0v) is 17.9. The number of hydrogen-bond acceptors (Lipinski definition) is 3. The Morgan fingerprint density at radius 1 is 1.00 bits per heavy atom. The van der Waals surface area contributed by atoms with Crippen LogP contribution in [0.2, 0.25) is 0 Å². The summed E-state index contributed by atoms with van der Waals surface area (Å²) in [5.41, 5.74) is 1.73. The molecule has 1 fully saturated rings. The molecule has 0 saturated carbocycles. The second-order valence-corrected chi connectivity index (χ2v) is 8.87. The maximum atomic E-state index is 12.9. The van der Waals surface area contributed by atoms with E-state index in [2.05, 4.69) is 5.32 Å². The van der Waals surface area contributed by atoms with Crippen molar-refractivity contribution in [1.82, 2.24) is 4.90 Å². The normalized spacial score (nSPS) is 16.2. The predicted octanol–water partition coefficient (Wildman–Crippen LogP) is 4.81. The SMILES string of the molecule is CC(C)(N)CC(=O)N1CCC(CCC(=O)Nc2cc(C(F)(F)F)cc(C(F)(F)F)c2)CC1. The first-order valence-electron chi connectivity index (χ1n) is 10.2. The van der Waals surface area contributed by atoms with Gasteiger partial charge in [-0.2, -0.15) is 26.3 Å². The summed E-state index contributed by atoms with van der Waals surface area (Å²) in [6.07, 6.45) is -8.06. The number of nitrogens with zero attached hydrogens (tertiary/aromatic N) is 1. The molecular weight excluding hydrogens is 440 g/mol. The van der Waals surface area contributed by atoms with Crippen molar-refractivity contribution in [2.75, 3.05) is 18.4 Å². The summed E-state index contributed by atoms with van der Waals surface area (Å²) in [4.78, 5) is 26.1. The van der Waals surface area contributed by atoms with Gasteiger partial charge < -0.3 is 16.0 Å². The lowest BCUT2D eigenvalue weighted by atomic mass is 9.91. The molecule has 2 amide bonds. The summed E-state index contributed by atoms with van der Waals surface area (Å²) in [6, 6.07) is 0.975. The van der Waals surface area contributed by atoms with Crippen LogP contribution in [0.3, 0.4) is 0 Å². The van der Waals surface area contributed by atoms with Crippen molar-refractivity contribution in [3.63, 3.8) is 0 Å². The van der Waals surface area contributed by atoms with E-state index in [0.29, 0.717) is 44.5 Å². The first-order chi connectivity index (χ1) is 14.5. The van der Waals surface area contributed by atoms with E-state index in [1.54, 1.807) is 18.7 Å². The molecule has 1 aliphatic rings. The molecule has 0 aliphatic carbocycles. The Morgan fingerprint density at radius 2 is 1.50 bits per heavy atom. The number of piperidine rings is 1. The summed E-state index contributed by atoms with van der Waals surface area (Å²) < 4.78 is 77.6. The number of likely N-dealkylation sites (tertiary alicyclic amines) is 1. The minimum absolute atomic E-state index is 0.0104. The Labute approximate surface area is 182 Å². The van der Waals surface area contributed by atoms with Gasteiger partial charge in [-0.25, -0.2) is 0 Å². The molecule has 0 atom stereocenters. The minimum Gasteiger partial charge on any atom is -0.343 e. The van der Waals surface area contributed by atoms with Gasteiger partial charge in [-0.1, -0.05) is 0 Å². The molecule has 0 bridgehead atoms. The monoisotopic (exact) mass is 467 g/mol. The van der Waals surface area contributed by atoms with Crippen LogP contribution in [0, 0.1) is 5.92 Å². The number of nitrogens with one attached hydrogen (secondary N) is 1. The molecule has 0 radical (unpaired) electrons. The van der Waals surface area contributed by atoms with Gasteiger partial charge in [0.25, 0.3) is 0 Å². The van der Waals surface area contributed by atoms with E-state index in [4.69, 9.17) is 5.73 Å². The van der Waals surface area contributed by atoms with Gasteiger partial charge >= 0.3 is 12.4 Å². The Bertz CT molecular complexity index is 790. The minimum atomic E-state index is -4.98. The van der Waals surface area contributed by atoms with Crippen molar-refractivity contribution in [2.45, 2.75) is 63.8 Å². The van der Waals surface area contributed by atoms with Gasteiger partial charge in [-0.05, 0) is 57.2 Å². The summed E-state index contributed by atoms with van der Waals surface area (Å²) in [5, 5.41) is 2.14. The van der Waals surface area contributed by atoms with Crippen LogP contribution in [0.25, 0.3) is 0 Å². The predicted molar refractivity (Wildman–Crippen MR) is 106 cm³/mol. The molecule has 32 heavy (non-hydrogen) atoms. The highest BCUT2D eigenvalue weighted by molar-refractivity contribution is 5.91. The fraction of sp³-hybridized carbons (Fsp3) is 0.619. The first kappa shape index (κ1) is 26.0. The van der Waals surface area contributed by atoms with Crippen molar-refractivity contribution < 1.29 is 35.9 Å². The second kappa shape index (κ2) is 9.68. The van der Waals surface area contributed by atoms with Crippen LogP contribution in [-0.2, 0) is 21.9 Å². The molecule has 1 aromatic carbocycles. The van der Waals surface area contributed by atoms with Crippen LogP contribution in [-0.4, -0.2) is 35.3 Å². The van der Waals surface area contributed by atoms with E-state index in [1.165, 1.54) is 0 Å². The number of anilines is 1. The van der Waals surface area contributed by atoms with Gasteiger partial charge in [0.15, 0.2) is 0 Å². The number of nitrogens with two attached hydrogens (primary N) is 1. The molecule has 0 unspecified atom stereocenters. The molecule has 180 valence electrons. The molecule has 11 heteroatoms. The number of hydrogen-bond donors (Lipinski definition) is 2. The number of benzene rings is 1. The number of amides is 2. The lowest BCUT2D eigenvalue weighted by Gasteiger charge is -2.33. The van der Waals surface area contributed by atoms with Crippen molar-refractivity contribution in [2.24, 2.45) is 11.7 Å². The van der Waals surface area contributed by atoms with E-state index < -0.39 is 40.6 Å². The third kappa shape index (κ3) is 7.99. The van der Waals surface area contributed by atoms with Crippen molar-refractivity contribution in [3.8, 4) is 0 Å². The van der Waals surface area contributed by atoms with Crippen LogP contribution in [0.4, 0.5) is 32.0 Å². The molecule has 0 aromatic heterocycles. The van der Waals surface area contributed by atoms with E-state index in [1.807, 2.05) is 0 Å². The quantitative estimate of drug-likeness (QED) is 0.590. The van der Waals surface area contributed by atoms with Crippen molar-refractivity contribution in [3.05, 3.63) is 29.3 Å². The van der Waals surface area contributed by atoms with Crippen LogP contribution in [0.15, 0.2) is 18.2 Å². The third-order valence-electron chi connectivity index (χ3n) is 5.23. The molecule has 1 saturated heterocycles. The highest BCUT2D eigenvalue weighted by Crippen LogP contribution is 2.37. The zero-order valence-electron chi connectivity index (χ0n) is 17.9. The molecule has 1 aromatic rings. The van der Waals surface area contributed by atoms with E-state index in [0.717, 1.165) is 0 Å². The summed E-state index contributed by atoms with van der Waals surface area (Å²) in [7, 11) is 0. The fourth-order valence-electron chi connectivity index (χ4n) is 3.56. The average Bonchev–Trinajstić information content (AvgIpc) is 2.64. The van der Waals surface area contributed by atoms with E-state index >= 15 is 0 Å². The zero-order chi connectivity index (χ0) is 24.3. The molecule has 5 nitrogen and oxygen atoms in total. The van der Waals surface area contributed by atoms with Crippen LogP contribution < -0.4 is 11.1 Å². The van der Waals surface area contributed by atoms with Crippen LogP contribution in [0.5, 0.6) is 0 Å². The Balaban J connectivity index is 1.91. The Morgan fingerprint density at radius 3 is 1.94 bits per heavy atom. The van der Waals surface area contributed by atoms with E-state index in [-0.39, 0.29) is 30.7 Å². The van der Waals surface area contributed by atoms with Gasteiger partial charge in [-0.15, -0.1) is 0 Å². The fourth-order valence-corrected chi connectivity index (χ4v) is 3.56. The molecule has 1 aliphatic heterocycles. The maximum Gasteiger partial charge on any atom is 0.416 e. The highest BCUT2D eigenvalue weighted by Gasteiger charge is 2.37. The molecular formula is C21H27F6N3O2. The third-order valence-corrected chi connectivity index (χ3v) is 5.23. The number of rotatable bonds is 6. The maximum absolute atomic E-state index is 12.9. The lowest BCUT2D eigenvalue weighted by molar-refractivity contribution is -0.143. The molecule has 0 spiro atoms. The molecule has 3 N–H and O–H groups in total. The highest BCUT2D eigenvalue weighted by atomic mass is 19.4. The summed E-state index contributed by atoms with van der Waals surface area (Å²) in [6.45, 7) is 4.56. The van der Waals surface area contributed by atoms with Crippen LogP contribution in [0.1, 0.15) is 57.1 Å². The number of halogens is 6. The molecule has 2 rings (SSSR count). The van der Waals surface area contributed by atoms with Gasteiger partial charge in [0.2, 0.25) is 11.8 Å². The summed E-state index contributed by atoms with van der Waals surface area (Å²) in [5.74, 6) is -0.581. The largest absolute Gasteiger partial charge is 0.416 e. The second-order valence-electron chi connectivity index (χ2n) is 8.87. The van der Waals surface area contributed by atoms with Crippen molar-refractivity contribution >= 4 is 17.5 Å². The first-order valence-corrected chi connectivity index (χ1v) is 10.2. The Hall–Kier alpha value is -2.30. The van der Waals surface area contributed by atoms with E-state index in [9.17, 15) is 35.9 Å². The van der Waals surface area contributed by atoms with Crippen LogP contribution >= 0.6 is 0 Å². The smallest absolute Gasteiger partial charge is 0.343 e.